The number of halogens is 3. The van der Waals surface area contributed by atoms with Crippen LogP contribution in [0.25, 0.3) is 0 Å². The Hall–Kier alpha value is -0.290. The molecule has 0 aliphatic rings. The first-order valence-electron chi connectivity index (χ1n) is 2.99. The van der Waals surface area contributed by atoms with E-state index in [9.17, 15) is 13.2 Å². The summed E-state index contributed by atoms with van der Waals surface area (Å²) in [6.07, 6.45) is -4.27. The van der Waals surface area contributed by atoms with Crippen molar-refractivity contribution < 1.29 is 13.2 Å². The maximum atomic E-state index is 11.8. The molecule has 4 N–H and O–H groups in total. The van der Waals surface area contributed by atoms with E-state index in [-0.39, 0.29) is 19.5 Å². The van der Waals surface area contributed by atoms with Crippen molar-refractivity contribution in [1.82, 2.24) is 0 Å². The van der Waals surface area contributed by atoms with Crippen LogP contribution in [0.3, 0.4) is 0 Å². The van der Waals surface area contributed by atoms with Crippen molar-refractivity contribution in [1.29, 1.82) is 0 Å². The Balaban J connectivity index is 3.81. The highest BCUT2D eigenvalue weighted by atomic mass is 19.4. The molecule has 0 aromatic rings. The Morgan fingerprint density at radius 1 is 1.20 bits per heavy atom. The van der Waals surface area contributed by atoms with Gasteiger partial charge in [-0.05, 0) is 13.0 Å². The summed E-state index contributed by atoms with van der Waals surface area (Å²) in [5, 5.41) is 0. The fraction of sp³-hybridized carbons (Fsp3) is 1.00. The first-order valence-corrected chi connectivity index (χ1v) is 2.99. The Kier molecular flexibility index (Phi) is 3.67. The molecule has 0 rings (SSSR count). The molecule has 10 heavy (non-hydrogen) atoms. The SMILES string of the molecule is NCCC(CN)C(F)(F)F. The zero-order valence-corrected chi connectivity index (χ0v) is 5.49. The summed E-state index contributed by atoms with van der Waals surface area (Å²) < 4.78 is 35.3. The first-order chi connectivity index (χ1) is 4.52. The average molecular weight is 156 g/mol. The van der Waals surface area contributed by atoms with Gasteiger partial charge in [0.25, 0.3) is 0 Å². The third-order valence-electron chi connectivity index (χ3n) is 1.26. The summed E-state index contributed by atoms with van der Waals surface area (Å²) in [6.45, 7) is -0.345. The van der Waals surface area contributed by atoms with Gasteiger partial charge in [0.1, 0.15) is 0 Å². The minimum atomic E-state index is -4.19. The second-order valence-electron chi connectivity index (χ2n) is 2.05. The molecule has 2 nitrogen and oxygen atoms in total. The fourth-order valence-electron chi connectivity index (χ4n) is 0.616. The topological polar surface area (TPSA) is 52.0 Å². The van der Waals surface area contributed by atoms with Crippen LogP contribution in [0, 0.1) is 5.92 Å². The lowest BCUT2D eigenvalue weighted by atomic mass is 10.1. The molecule has 1 unspecified atom stereocenters. The summed E-state index contributed by atoms with van der Waals surface area (Å²) in [7, 11) is 0. The Morgan fingerprint density at radius 3 is 1.80 bits per heavy atom. The van der Waals surface area contributed by atoms with Gasteiger partial charge >= 0.3 is 6.18 Å². The van der Waals surface area contributed by atoms with Gasteiger partial charge in [-0.15, -0.1) is 0 Å². The van der Waals surface area contributed by atoms with Crippen LogP contribution in [0.2, 0.25) is 0 Å². The molecule has 0 fully saturated rings. The summed E-state index contributed by atoms with van der Waals surface area (Å²) in [4.78, 5) is 0. The van der Waals surface area contributed by atoms with Gasteiger partial charge in [0.15, 0.2) is 0 Å². The van der Waals surface area contributed by atoms with E-state index in [1.165, 1.54) is 0 Å². The van der Waals surface area contributed by atoms with Crippen LogP contribution in [-0.2, 0) is 0 Å². The van der Waals surface area contributed by atoms with E-state index >= 15 is 0 Å². The zero-order chi connectivity index (χ0) is 8.20. The molecular weight excluding hydrogens is 145 g/mol. The fourth-order valence-corrected chi connectivity index (χ4v) is 0.616. The number of nitrogens with two attached hydrogens (primary N) is 2. The molecule has 0 saturated heterocycles. The second kappa shape index (κ2) is 3.78. The van der Waals surface area contributed by atoms with Crippen molar-refractivity contribution in [2.24, 2.45) is 17.4 Å². The van der Waals surface area contributed by atoms with E-state index in [0.717, 1.165) is 0 Å². The van der Waals surface area contributed by atoms with Crippen molar-refractivity contribution in [2.75, 3.05) is 13.1 Å². The lowest BCUT2D eigenvalue weighted by molar-refractivity contribution is -0.172. The highest BCUT2D eigenvalue weighted by molar-refractivity contribution is 4.68. The predicted molar refractivity (Wildman–Crippen MR) is 32.3 cm³/mol. The van der Waals surface area contributed by atoms with Gasteiger partial charge in [-0.3, -0.25) is 0 Å². The quantitative estimate of drug-likeness (QED) is 0.624. The van der Waals surface area contributed by atoms with Gasteiger partial charge in [0, 0.05) is 6.54 Å². The van der Waals surface area contributed by atoms with Crippen LogP contribution in [-0.4, -0.2) is 19.3 Å². The van der Waals surface area contributed by atoms with Crippen LogP contribution >= 0.6 is 0 Å². The molecule has 0 radical (unpaired) electrons. The lowest BCUT2D eigenvalue weighted by Gasteiger charge is -2.16. The van der Waals surface area contributed by atoms with Crippen LogP contribution in [0.4, 0.5) is 13.2 Å². The molecule has 5 heteroatoms. The van der Waals surface area contributed by atoms with E-state index in [0.29, 0.717) is 0 Å². The van der Waals surface area contributed by atoms with Crippen molar-refractivity contribution in [3.05, 3.63) is 0 Å². The summed E-state index contributed by atoms with van der Waals surface area (Å²) in [6, 6.07) is 0. The van der Waals surface area contributed by atoms with E-state index in [1.54, 1.807) is 0 Å². The molecule has 62 valence electrons. The molecule has 0 amide bonds. The van der Waals surface area contributed by atoms with E-state index in [2.05, 4.69) is 0 Å². The van der Waals surface area contributed by atoms with Crippen LogP contribution in [0.15, 0.2) is 0 Å². The van der Waals surface area contributed by atoms with E-state index < -0.39 is 12.1 Å². The van der Waals surface area contributed by atoms with E-state index in [1.807, 2.05) is 0 Å². The molecule has 0 aliphatic heterocycles. The van der Waals surface area contributed by atoms with Gasteiger partial charge in [0.05, 0.1) is 5.92 Å². The number of hydrogen-bond donors (Lipinski definition) is 2. The molecule has 1 atom stereocenters. The minimum Gasteiger partial charge on any atom is -0.330 e. The molecule has 0 bridgehead atoms. The zero-order valence-electron chi connectivity index (χ0n) is 5.49. The van der Waals surface area contributed by atoms with Gasteiger partial charge in [-0.1, -0.05) is 0 Å². The van der Waals surface area contributed by atoms with Gasteiger partial charge in [-0.25, -0.2) is 0 Å². The van der Waals surface area contributed by atoms with Crippen LogP contribution in [0.5, 0.6) is 0 Å². The predicted octanol–water partition coefficient (Wildman–Crippen LogP) is 0.472. The molecule has 0 aromatic heterocycles. The molecule has 0 aromatic carbocycles. The largest absolute Gasteiger partial charge is 0.393 e. The summed E-state index contributed by atoms with van der Waals surface area (Å²) in [5.74, 6) is -1.43. The molecule has 0 spiro atoms. The average Bonchev–Trinajstić information content (AvgIpc) is 1.80. The van der Waals surface area contributed by atoms with Gasteiger partial charge < -0.3 is 11.5 Å². The maximum absolute atomic E-state index is 11.8. The normalized spacial score (nSPS) is 15.3. The number of hydrogen-bond acceptors (Lipinski definition) is 2. The van der Waals surface area contributed by atoms with Crippen molar-refractivity contribution in [2.45, 2.75) is 12.6 Å². The molecular formula is C5H11F3N2. The Bertz CT molecular complexity index is 91.4. The monoisotopic (exact) mass is 156 g/mol. The Morgan fingerprint density at radius 2 is 1.70 bits per heavy atom. The van der Waals surface area contributed by atoms with Gasteiger partial charge in [0.2, 0.25) is 0 Å². The van der Waals surface area contributed by atoms with Crippen LogP contribution in [0.1, 0.15) is 6.42 Å². The number of alkyl halides is 3. The van der Waals surface area contributed by atoms with Crippen molar-refractivity contribution in [3.8, 4) is 0 Å². The summed E-state index contributed by atoms with van der Waals surface area (Å²) >= 11 is 0. The molecule has 0 heterocycles. The molecule has 0 saturated carbocycles. The van der Waals surface area contributed by atoms with Crippen molar-refractivity contribution in [3.63, 3.8) is 0 Å². The maximum Gasteiger partial charge on any atom is 0.393 e. The highest BCUT2D eigenvalue weighted by Gasteiger charge is 2.37. The van der Waals surface area contributed by atoms with E-state index in [4.69, 9.17) is 11.5 Å². The minimum absolute atomic E-state index is 0.0291. The lowest BCUT2D eigenvalue weighted by Crippen LogP contribution is -2.31. The highest BCUT2D eigenvalue weighted by Crippen LogP contribution is 2.27. The second-order valence-corrected chi connectivity index (χ2v) is 2.05. The summed E-state index contributed by atoms with van der Waals surface area (Å²) in [5.41, 5.74) is 9.82. The Labute approximate surface area is 57.4 Å². The van der Waals surface area contributed by atoms with Crippen molar-refractivity contribution >= 4 is 0 Å². The first kappa shape index (κ1) is 9.71. The molecule has 0 aliphatic carbocycles. The number of rotatable bonds is 3. The third-order valence-corrected chi connectivity index (χ3v) is 1.26. The third kappa shape index (κ3) is 3.03. The smallest absolute Gasteiger partial charge is 0.330 e. The van der Waals surface area contributed by atoms with Gasteiger partial charge in [-0.2, -0.15) is 13.2 Å². The standard InChI is InChI=1S/C5H11F3N2/c6-5(7,8)4(3-10)1-2-9/h4H,1-3,9-10H2. The van der Waals surface area contributed by atoms with Crippen LogP contribution < -0.4 is 11.5 Å².